The van der Waals surface area contributed by atoms with E-state index in [-0.39, 0.29) is 5.41 Å². The summed E-state index contributed by atoms with van der Waals surface area (Å²) >= 11 is 0. The molecular weight excluding hydrogens is 208 g/mol. The Balaban J connectivity index is 2.07. The Labute approximate surface area is 105 Å². The molecule has 96 valence electrons. The molecule has 0 radical (unpaired) electrons. The average molecular weight is 234 g/mol. The fourth-order valence-electron chi connectivity index (χ4n) is 2.57. The second kappa shape index (κ2) is 4.15. The van der Waals surface area contributed by atoms with Crippen molar-refractivity contribution < 1.29 is 0 Å². The van der Waals surface area contributed by atoms with Crippen molar-refractivity contribution in [1.82, 2.24) is 9.78 Å². The van der Waals surface area contributed by atoms with Gasteiger partial charge in [-0.2, -0.15) is 5.10 Å². The van der Waals surface area contributed by atoms with Gasteiger partial charge >= 0.3 is 0 Å². The van der Waals surface area contributed by atoms with Crippen LogP contribution in [0.4, 0.5) is 0 Å². The van der Waals surface area contributed by atoms with Gasteiger partial charge in [0.1, 0.15) is 0 Å². The zero-order chi connectivity index (χ0) is 12.7. The van der Waals surface area contributed by atoms with E-state index in [9.17, 15) is 0 Å². The third-order valence-electron chi connectivity index (χ3n) is 4.15. The highest BCUT2D eigenvalue weighted by atomic mass is 15.3. The van der Waals surface area contributed by atoms with Crippen LogP contribution >= 0.6 is 0 Å². The Hall–Kier alpha value is -0.790. The molecule has 0 N–H and O–H groups in total. The summed E-state index contributed by atoms with van der Waals surface area (Å²) < 4.78 is 2.20. The Morgan fingerprint density at radius 1 is 1.24 bits per heavy atom. The van der Waals surface area contributed by atoms with E-state index in [2.05, 4.69) is 50.6 Å². The highest BCUT2D eigenvalue weighted by Gasteiger charge is 2.28. The standard InChI is InChI=1S/C15H26N2/c1-14(2,3)12-10-16-17(11-12)13-6-8-15(4,5)9-7-13/h10-11,13H,6-9H2,1-5H3. The molecule has 0 saturated heterocycles. The normalized spacial score (nSPS) is 21.7. The van der Waals surface area contributed by atoms with E-state index in [0.717, 1.165) is 0 Å². The fraction of sp³-hybridized carbons (Fsp3) is 0.800. The first-order valence-corrected chi connectivity index (χ1v) is 6.83. The van der Waals surface area contributed by atoms with E-state index in [1.54, 1.807) is 0 Å². The molecule has 0 aliphatic heterocycles. The molecule has 0 atom stereocenters. The van der Waals surface area contributed by atoms with Gasteiger partial charge in [0, 0.05) is 6.20 Å². The minimum atomic E-state index is 0.214. The van der Waals surface area contributed by atoms with E-state index in [0.29, 0.717) is 11.5 Å². The van der Waals surface area contributed by atoms with Gasteiger partial charge in [0.2, 0.25) is 0 Å². The predicted molar refractivity (Wildman–Crippen MR) is 72.2 cm³/mol. The molecule has 2 heteroatoms. The lowest BCUT2D eigenvalue weighted by Gasteiger charge is -2.34. The third kappa shape index (κ3) is 2.91. The van der Waals surface area contributed by atoms with Crippen LogP contribution in [0.15, 0.2) is 12.4 Å². The number of hydrogen-bond acceptors (Lipinski definition) is 1. The van der Waals surface area contributed by atoms with E-state index >= 15 is 0 Å². The summed E-state index contributed by atoms with van der Waals surface area (Å²) in [6.07, 6.45) is 9.49. The topological polar surface area (TPSA) is 17.8 Å². The van der Waals surface area contributed by atoms with Crippen molar-refractivity contribution in [2.24, 2.45) is 5.41 Å². The van der Waals surface area contributed by atoms with E-state index in [1.807, 2.05) is 6.20 Å². The maximum Gasteiger partial charge on any atom is 0.0527 e. The van der Waals surface area contributed by atoms with Crippen molar-refractivity contribution >= 4 is 0 Å². The van der Waals surface area contributed by atoms with E-state index in [4.69, 9.17) is 0 Å². The molecule has 1 saturated carbocycles. The molecule has 2 nitrogen and oxygen atoms in total. The van der Waals surface area contributed by atoms with Crippen molar-refractivity contribution in [3.63, 3.8) is 0 Å². The molecular formula is C15H26N2. The van der Waals surface area contributed by atoms with Crippen LogP contribution in [-0.4, -0.2) is 9.78 Å². The fourth-order valence-corrected chi connectivity index (χ4v) is 2.57. The average Bonchev–Trinajstić information content (AvgIpc) is 2.66. The van der Waals surface area contributed by atoms with Crippen molar-refractivity contribution in [3.05, 3.63) is 18.0 Å². The lowest BCUT2D eigenvalue weighted by molar-refractivity contribution is 0.186. The van der Waals surface area contributed by atoms with Gasteiger partial charge in [0.15, 0.2) is 0 Å². The van der Waals surface area contributed by atoms with Gasteiger partial charge in [-0.25, -0.2) is 0 Å². The minimum Gasteiger partial charge on any atom is -0.269 e. The van der Waals surface area contributed by atoms with Crippen molar-refractivity contribution in [1.29, 1.82) is 0 Å². The van der Waals surface area contributed by atoms with Gasteiger partial charge in [0.05, 0.1) is 12.2 Å². The lowest BCUT2D eigenvalue weighted by Crippen LogP contribution is -2.23. The first-order chi connectivity index (χ1) is 7.78. The third-order valence-corrected chi connectivity index (χ3v) is 4.15. The second-order valence-corrected chi connectivity index (χ2v) is 7.35. The van der Waals surface area contributed by atoms with Crippen molar-refractivity contribution in [3.8, 4) is 0 Å². The summed E-state index contributed by atoms with van der Waals surface area (Å²) in [6.45, 7) is 11.5. The molecule has 1 heterocycles. The quantitative estimate of drug-likeness (QED) is 0.707. The van der Waals surface area contributed by atoms with Crippen LogP contribution in [-0.2, 0) is 5.41 Å². The Kier molecular flexibility index (Phi) is 3.09. The molecule has 1 aromatic rings. The van der Waals surface area contributed by atoms with Gasteiger partial charge in [-0.3, -0.25) is 4.68 Å². The highest BCUT2D eigenvalue weighted by molar-refractivity contribution is 5.15. The number of aromatic nitrogens is 2. The minimum absolute atomic E-state index is 0.214. The predicted octanol–water partition coefficient (Wildman–Crippen LogP) is 4.32. The Morgan fingerprint density at radius 2 is 1.82 bits per heavy atom. The van der Waals surface area contributed by atoms with Gasteiger partial charge in [0.25, 0.3) is 0 Å². The van der Waals surface area contributed by atoms with Crippen molar-refractivity contribution in [2.45, 2.75) is 71.8 Å². The molecule has 0 bridgehead atoms. The van der Waals surface area contributed by atoms with Gasteiger partial charge < -0.3 is 0 Å². The summed E-state index contributed by atoms with van der Waals surface area (Å²) in [4.78, 5) is 0. The number of rotatable bonds is 1. The van der Waals surface area contributed by atoms with E-state index in [1.165, 1.54) is 31.2 Å². The monoisotopic (exact) mass is 234 g/mol. The number of nitrogens with zero attached hydrogens (tertiary/aromatic N) is 2. The largest absolute Gasteiger partial charge is 0.269 e. The van der Waals surface area contributed by atoms with Crippen LogP contribution in [0.3, 0.4) is 0 Å². The summed E-state index contributed by atoms with van der Waals surface area (Å²) in [5, 5.41) is 4.57. The zero-order valence-corrected chi connectivity index (χ0v) is 12.0. The van der Waals surface area contributed by atoms with Gasteiger partial charge in [-0.15, -0.1) is 0 Å². The summed E-state index contributed by atoms with van der Waals surface area (Å²) in [7, 11) is 0. The van der Waals surface area contributed by atoms with Crippen LogP contribution in [0.5, 0.6) is 0 Å². The van der Waals surface area contributed by atoms with E-state index < -0.39 is 0 Å². The number of hydrogen-bond donors (Lipinski definition) is 0. The first kappa shape index (κ1) is 12.7. The van der Waals surface area contributed by atoms with Crippen LogP contribution in [0.2, 0.25) is 0 Å². The molecule has 0 spiro atoms. The molecule has 1 aliphatic rings. The Morgan fingerprint density at radius 3 is 2.29 bits per heavy atom. The molecule has 2 rings (SSSR count). The van der Waals surface area contributed by atoms with Crippen LogP contribution in [0, 0.1) is 5.41 Å². The molecule has 1 aromatic heterocycles. The molecule has 0 unspecified atom stereocenters. The molecule has 0 amide bonds. The Bertz CT molecular complexity index is 372. The second-order valence-electron chi connectivity index (χ2n) is 7.35. The molecule has 1 aliphatic carbocycles. The van der Waals surface area contributed by atoms with Crippen LogP contribution in [0.25, 0.3) is 0 Å². The zero-order valence-electron chi connectivity index (χ0n) is 12.0. The smallest absolute Gasteiger partial charge is 0.0527 e. The lowest BCUT2D eigenvalue weighted by atomic mass is 9.75. The summed E-state index contributed by atoms with van der Waals surface area (Å²) in [5.74, 6) is 0. The molecule has 0 aromatic carbocycles. The summed E-state index contributed by atoms with van der Waals surface area (Å²) in [5.41, 5.74) is 2.10. The molecule has 17 heavy (non-hydrogen) atoms. The van der Waals surface area contributed by atoms with Gasteiger partial charge in [-0.05, 0) is 42.1 Å². The molecule has 1 fully saturated rings. The SMILES string of the molecule is CC1(C)CCC(n2cc(C(C)(C)C)cn2)CC1. The van der Waals surface area contributed by atoms with Crippen LogP contribution < -0.4 is 0 Å². The van der Waals surface area contributed by atoms with Crippen LogP contribution in [0.1, 0.15) is 71.9 Å². The highest BCUT2D eigenvalue weighted by Crippen LogP contribution is 2.40. The van der Waals surface area contributed by atoms with Crippen molar-refractivity contribution in [2.75, 3.05) is 0 Å². The maximum absolute atomic E-state index is 4.57. The van der Waals surface area contributed by atoms with Gasteiger partial charge in [-0.1, -0.05) is 34.6 Å². The first-order valence-electron chi connectivity index (χ1n) is 6.83. The summed E-state index contributed by atoms with van der Waals surface area (Å²) in [6, 6.07) is 0.624. The maximum atomic E-state index is 4.57.